The molecule has 0 aromatic heterocycles. The lowest BCUT2D eigenvalue weighted by Crippen LogP contribution is -2.43. The van der Waals surface area contributed by atoms with Crippen LogP contribution >= 0.6 is 11.8 Å². The van der Waals surface area contributed by atoms with E-state index in [0.717, 1.165) is 23.6 Å². The van der Waals surface area contributed by atoms with Crippen LogP contribution in [0.1, 0.15) is 20.3 Å². The van der Waals surface area contributed by atoms with Crippen LogP contribution in [0.5, 0.6) is 0 Å². The first-order chi connectivity index (χ1) is 11.5. The predicted molar refractivity (Wildman–Crippen MR) is 92.8 cm³/mol. The van der Waals surface area contributed by atoms with Gasteiger partial charge in [-0.05, 0) is 25.5 Å². The lowest BCUT2D eigenvalue weighted by atomic mass is 10.2. The molecule has 0 bridgehead atoms. The van der Waals surface area contributed by atoms with E-state index in [1.165, 1.54) is 24.8 Å². The molecule has 1 unspecified atom stereocenters. The van der Waals surface area contributed by atoms with E-state index in [1.54, 1.807) is 19.1 Å². The highest BCUT2D eigenvalue weighted by Crippen LogP contribution is 2.27. The Kier molecular flexibility index (Phi) is 6.43. The quantitative estimate of drug-likeness (QED) is 0.595. The van der Waals surface area contributed by atoms with Gasteiger partial charge >= 0.3 is 5.97 Å². The van der Waals surface area contributed by atoms with Gasteiger partial charge in [-0.15, -0.1) is 11.8 Å². The molecule has 0 radical (unpaired) electrons. The number of allylic oxidation sites excluding steroid dienone is 4. The number of amides is 1. The Morgan fingerprint density at radius 1 is 1.46 bits per heavy atom. The molecule has 2 rings (SSSR count). The highest BCUT2D eigenvalue weighted by atomic mass is 32.2. The number of ketones is 1. The highest BCUT2D eigenvalue weighted by molar-refractivity contribution is 8.03. The van der Waals surface area contributed by atoms with Crippen molar-refractivity contribution in [3.8, 4) is 0 Å². The topological polar surface area (TPSA) is 84.5 Å². The van der Waals surface area contributed by atoms with E-state index in [9.17, 15) is 14.4 Å². The van der Waals surface area contributed by atoms with Gasteiger partial charge in [-0.25, -0.2) is 4.79 Å². The Hall–Kier alpha value is -2.28. The fraction of sp³-hybridized carbons (Fsp3) is 0.353. The number of nitrogens with one attached hydrogen (secondary N) is 2. The molecule has 1 amide bonds. The van der Waals surface area contributed by atoms with Crippen LogP contribution in [-0.2, 0) is 19.1 Å². The molecule has 0 saturated carbocycles. The van der Waals surface area contributed by atoms with E-state index in [-0.39, 0.29) is 11.7 Å². The van der Waals surface area contributed by atoms with Crippen molar-refractivity contribution in [3.05, 3.63) is 46.7 Å². The maximum absolute atomic E-state index is 12.2. The van der Waals surface area contributed by atoms with Crippen LogP contribution in [0.25, 0.3) is 0 Å². The highest BCUT2D eigenvalue weighted by Gasteiger charge is 2.27. The standard InChI is InChI=1S/C17H20N2O4S/c1-3-6-14(21)15-9-16(12-7-4-5-8-18-12)24-10-13(17(22)23-15)19-11(2)20/h3-4,6-7,9,13,18H,5,8,10H2,1-2H3,(H,19,20). The van der Waals surface area contributed by atoms with Crippen LogP contribution in [0, 0.1) is 0 Å². The summed E-state index contributed by atoms with van der Waals surface area (Å²) in [6.07, 6.45) is 9.41. The van der Waals surface area contributed by atoms with Gasteiger partial charge < -0.3 is 15.4 Å². The van der Waals surface area contributed by atoms with Crippen LogP contribution in [0.2, 0.25) is 0 Å². The van der Waals surface area contributed by atoms with Gasteiger partial charge in [-0.1, -0.05) is 12.2 Å². The van der Waals surface area contributed by atoms with Crippen LogP contribution < -0.4 is 10.6 Å². The minimum atomic E-state index is -0.808. The Balaban J connectivity index is 2.40. The van der Waals surface area contributed by atoms with Crippen LogP contribution in [0.4, 0.5) is 0 Å². The number of ether oxygens (including phenoxy) is 1. The van der Waals surface area contributed by atoms with Crippen molar-refractivity contribution in [2.45, 2.75) is 26.3 Å². The molecule has 7 heteroatoms. The van der Waals surface area contributed by atoms with Crippen LogP contribution in [0.3, 0.4) is 0 Å². The molecule has 0 aromatic rings. The average Bonchev–Trinajstić information content (AvgIpc) is 2.55. The summed E-state index contributed by atoms with van der Waals surface area (Å²) >= 11 is 1.39. The molecule has 0 fully saturated rings. The Bertz CT molecular complexity index is 662. The minimum absolute atomic E-state index is 0.0519. The molecular weight excluding hydrogens is 328 g/mol. The van der Waals surface area contributed by atoms with E-state index in [4.69, 9.17) is 4.74 Å². The molecule has 0 aromatic carbocycles. The molecule has 6 nitrogen and oxygen atoms in total. The van der Waals surface area contributed by atoms with Gasteiger partial charge in [-0.2, -0.15) is 0 Å². The van der Waals surface area contributed by atoms with Crippen molar-refractivity contribution in [2.24, 2.45) is 0 Å². The van der Waals surface area contributed by atoms with Crippen molar-refractivity contribution in [2.75, 3.05) is 12.3 Å². The second-order valence-corrected chi connectivity index (χ2v) is 6.32. The predicted octanol–water partition coefficient (Wildman–Crippen LogP) is 1.57. The third-order valence-electron chi connectivity index (χ3n) is 3.28. The van der Waals surface area contributed by atoms with Crippen molar-refractivity contribution >= 4 is 29.4 Å². The number of cyclic esters (lactones) is 1. The SMILES string of the molecule is CC=CC(=O)C1=CC(=C2C=CCCN2)SCC(NC(C)=O)C(=O)O1. The normalized spacial score (nSPS) is 24.5. The number of esters is 1. The van der Waals surface area contributed by atoms with Crippen molar-refractivity contribution in [3.63, 3.8) is 0 Å². The molecule has 2 aliphatic heterocycles. The second kappa shape index (κ2) is 8.54. The number of carbonyl (C=O) groups excluding carboxylic acids is 3. The Labute approximate surface area is 145 Å². The molecule has 0 aliphatic carbocycles. The Morgan fingerprint density at radius 2 is 2.25 bits per heavy atom. The summed E-state index contributed by atoms with van der Waals surface area (Å²) in [6, 6.07) is -0.808. The first-order valence-electron chi connectivity index (χ1n) is 7.66. The van der Waals surface area contributed by atoms with Gasteiger partial charge in [-0.3, -0.25) is 9.59 Å². The molecule has 24 heavy (non-hydrogen) atoms. The smallest absolute Gasteiger partial charge is 0.335 e. The summed E-state index contributed by atoms with van der Waals surface area (Å²) in [6.45, 7) is 3.85. The maximum Gasteiger partial charge on any atom is 0.335 e. The molecular formula is C17H20N2O4S. The summed E-state index contributed by atoms with van der Waals surface area (Å²) in [7, 11) is 0. The monoisotopic (exact) mass is 348 g/mol. The number of hydrogen-bond acceptors (Lipinski definition) is 6. The average molecular weight is 348 g/mol. The lowest BCUT2D eigenvalue weighted by molar-refractivity contribution is -0.145. The van der Waals surface area contributed by atoms with Gasteiger partial charge in [0.1, 0.15) is 6.04 Å². The van der Waals surface area contributed by atoms with E-state index >= 15 is 0 Å². The second-order valence-electron chi connectivity index (χ2n) is 5.25. The number of thioether (sulfide) groups is 1. The molecule has 0 saturated heterocycles. The summed E-state index contributed by atoms with van der Waals surface area (Å²) in [5, 5.41) is 5.83. The summed E-state index contributed by atoms with van der Waals surface area (Å²) in [4.78, 5) is 36.5. The van der Waals surface area contributed by atoms with Crippen molar-refractivity contribution in [1.82, 2.24) is 10.6 Å². The van der Waals surface area contributed by atoms with Crippen molar-refractivity contribution in [1.29, 1.82) is 0 Å². The maximum atomic E-state index is 12.2. The molecule has 128 valence electrons. The molecule has 1 atom stereocenters. The third kappa shape index (κ3) is 4.86. The van der Waals surface area contributed by atoms with Gasteiger partial charge in [0.05, 0.1) is 0 Å². The number of carbonyl (C=O) groups is 3. The third-order valence-corrected chi connectivity index (χ3v) is 4.43. The zero-order valence-electron chi connectivity index (χ0n) is 13.6. The van der Waals surface area contributed by atoms with E-state index in [0.29, 0.717) is 5.75 Å². The first kappa shape index (κ1) is 18.1. The lowest BCUT2D eigenvalue weighted by Gasteiger charge is -2.22. The van der Waals surface area contributed by atoms with Crippen LogP contribution in [0.15, 0.2) is 46.7 Å². The van der Waals surface area contributed by atoms with Gasteiger partial charge in [0.25, 0.3) is 0 Å². The zero-order chi connectivity index (χ0) is 17.5. The molecule has 0 spiro atoms. The van der Waals surface area contributed by atoms with Crippen LogP contribution in [-0.4, -0.2) is 36.0 Å². The largest absolute Gasteiger partial charge is 0.421 e. The summed E-state index contributed by atoms with van der Waals surface area (Å²) < 4.78 is 5.25. The fourth-order valence-electron chi connectivity index (χ4n) is 2.19. The van der Waals surface area contributed by atoms with Gasteiger partial charge in [0.2, 0.25) is 11.7 Å². The first-order valence-corrected chi connectivity index (χ1v) is 8.65. The molecule has 2 aliphatic rings. The number of hydrogen-bond donors (Lipinski definition) is 2. The van der Waals surface area contributed by atoms with E-state index < -0.39 is 17.8 Å². The van der Waals surface area contributed by atoms with Crippen molar-refractivity contribution < 1.29 is 19.1 Å². The number of rotatable bonds is 3. The van der Waals surface area contributed by atoms with E-state index in [1.807, 2.05) is 12.2 Å². The summed E-state index contributed by atoms with van der Waals surface area (Å²) in [5.41, 5.74) is 0.872. The molecule has 2 N–H and O–H groups in total. The molecule has 2 heterocycles. The van der Waals surface area contributed by atoms with E-state index in [2.05, 4.69) is 10.6 Å². The Morgan fingerprint density at radius 3 is 2.88 bits per heavy atom. The minimum Gasteiger partial charge on any atom is -0.421 e. The fourth-order valence-corrected chi connectivity index (χ4v) is 3.24. The van der Waals surface area contributed by atoms with Gasteiger partial charge in [0, 0.05) is 35.9 Å². The summed E-state index contributed by atoms with van der Waals surface area (Å²) in [5.74, 6) is -1.09. The zero-order valence-corrected chi connectivity index (χ0v) is 14.4. The van der Waals surface area contributed by atoms with Gasteiger partial charge in [0.15, 0.2) is 5.76 Å².